The van der Waals surface area contributed by atoms with Gasteiger partial charge in [0.25, 0.3) is 5.56 Å². The number of H-pyrrole nitrogens is 1. The lowest BCUT2D eigenvalue weighted by Crippen LogP contribution is -2.18. The van der Waals surface area contributed by atoms with Crippen LogP contribution in [0.5, 0.6) is 5.75 Å². The molecule has 0 bridgehead atoms. The van der Waals surface area contributed by atoms with Gasteiger partial charge in [-0.05, 0) is 29.8 Å². The SMILES string of the molecule is O=c1[nH]c(C(F)(F)F)ccc1-c1ccc(OC(F)(F)F)cc1. The van der Waals surface area contributed by atoms with E-state index >= 15 is 0 Å². The van der Waals surface area contributed by atoms with E-state index in [0.29, 0.717) is 6.07 Å². The number of rotatable bonds is 2. The number of ether oxygens (including phenoxy) is 1. The van der Waals surface area contributed by atoms with Gasteiger partial charge in [-0.15, -0.1) is 13.2 Å². The third-order valence-electron chi connectivity index (χ3n) is 2.61. The van der Waals surface area contributed by atoms with Crippen molar-refractivity contribution in [1.29, 1.82) is 0 Å². The summed E-state index contributed by atoms with van der Waals surface area (Å²) in [7, 11) is 0. The average Bonchev–Trinajstić information content (AvgIpc) is 2.37. The molecule has 0 unspecified atom stereocenters. The van der Waals surface area contributed by atoms with Gasteiger partial charge in [-0.2, -0.15) is 13.2 Å². The average molecular weight is 323 g/mol. The molecule has 1 heterocycles. The molecule has 0 aliphatic rings. The maximum atomic E-state index is 12.4. The molecule has 0 radical (unpaired) electrons. The minimum Gasteiger partial charge on any atom is -0.406 e. The van der Waals surface area contributed by atoms with Crippen LogP contribution in [-0.2, 0) is 6.18 Å². The van der Waals surface area contributed by atoms with Crippen LogP contribution in [0.2, 0.25) is 0 Å². The lowest BCUT2D eigenvalue weighted by atomic mass is 10.1. The Morgan fingerprint density at radius 3 is 1.91 bits per heavy atom. The molecule has 9 heteroatoms. The molecular formula is C13H7F6NO2. The van der Waals surface area contributed by atoms with E-state index in [-0.39, 0.29) is 11.1 Å². The molecule has 0 fully saturated rings. The van der Waals surface area contributed by atoms with Crippen LogP contribution in [0.3, 0.4) is 0 Å². The minimum absolute atomic E-state index is 0.105. The highest BCUT2D eigenvalue weighted by atomic mass is 19.4. The first-order valence-electron chi connectivity index (χ1n) is 5.73. The van der Waals surface area contributed by atoms with E-state index in [2.05, 4.69) is 4.74 Å². The second-order valence-corrected chi connectivity index (χ2v) is 4.18. The van der Waals surface area contributed by atoms with E-state index in [1.165, 1.54) is 0 Å². The van der Waals surface area contributed by atoms with E-state index in [4.69, 9.17) is 0 Å². The second-order valence-electron chi connectivity index (χ2n) is 4.18. The fourth-order valence-electron chi connectivity index (χ4n) is 1.70. The van der Waals surface area contributed by atoms with E-state index in [1.54, 1.807) is 4.98 Å². The van der Waals surface area contributed by atoms with Crippen LogP contribution >= 0.6 is 0 Å². The first-order valence-corrected chi connectivity index (χ1v) is 5.73. The van der Waals surface area contributed by atoms with Crippen molar-refractivity contribution in [3.63, 3.8) is 0 Å². The summed E-state index contributed by atoms with van der Waals surface area (Å²) < 4.78 is 76.9. The number of benzene rings is 1. The van der Waals surface area contributed by atoms with Gasteiger partial charge in [0.05, 0.1) is 0 Å². The van der Waals surface area contributed by atoms with E-state index in [9.17, 15) is 31.1 Å². The third kappa shape index (κ3) is 3.80. The van der Waals surface area contributed by atoms with Gasteiger partial charge in [0, 0.05) is 5.56 Å². The number of aromatic amines is 1. The number of hydrogen-bond donors (Lipinski definition) is 1. The highest BCUT2D eigenvalue weighted by Crippen LogP contribution is 2.28. The first kappa shape index (κ1) is 15.9. The second kappa shape index (κ2) is 5.39. The zero-order valence-electron chi connectivity index (χ0n) is 10.5. The molecule has 3 nitrogen and oxygen atoms in total. The van der Waals surface area contributed by atoms with Gasteiger partial charge in [-0.3, -0.25) is 4.79 Å². The van der Waals surface area contributed by atoms with Crippen molar-refractivity contribution in [1.82, 2.24) is 4.98 Å². The topological polar surface area (TPSA) is 42.1 Å². The molecule has 0 amide bonds. The number of hydrogen-bond acceptors (Lipinski definition) is 2. The van der Waals surface area contributed by atoms with Gasteiger partial charge >= 0.3 is 12.5 Å². The van der Waals surface area contributed by atoms with Crippen molar-refractivity contribution in [2.75, 3.05) is 0 Å². The summed E-state index contributed by atoms with van der Waals surface area (Å²) in [6, 6.07) is 5.82. The highest BCUT2D eigenvalue weighted by molar-refractivity contribution is 5.63. The first-order chi connectivity index (χ1) is 10.1. The van der Waals surface area contributed by atoms with Crippen LogP contribution in [0.1, 0.15) is 5.69 Å². The number of nitrogens with one attached hydrogen (secondary N) is 1. The monoisotopic (exact) mass is 323 g/mol. The lowest BCUT2D eigenvalue weighted by molar-refractivity contribution is -0.274. The zero-order valence-corrected chi connectivity index (χ0v) is 10.5. The molecule has 0 saturated heterocycles. The summed E-state index contributed by atoms with van der Waals surface area (Å²) in [5.74, 6) is -0.500. The van der Waals surface area contributed by atoms with Crippen molar-refractivity contribution in [3.05, 3.63) is 52.4 Å². The van der Waals surface area contributed by atoms with Crippen molar-refractivity contribution >= 4 is 0 Å². The Kier molecular flexibility index (Phi) is 3.90. The lowest BCUT2D eigenvalue weighted by Gasteiger charge is -2.10. The molecule has 118 valence electrons. The van der Waals surface area contributed by atoms with Crippen LogP contribution < -0.4 is 10.3 Å². The molecule has 0 saturated carbocycles. The van der Waals surface area contributed by atoms with Crippen molar-refractivity contribution in [2.24, 2.45) is 0 Å². The van der Waals surface area contributed by atoms with Gasteiger partial charge in [-0.25, -0.2) is 0 Å². The molecule has 22 heavy (non-hydrogen) atoms. The minimum atomic E-state index is -4.85. The highest BCUT2D eigenvalue weighted by Gasteiger charge is 2.32. The van der Waals surface area contributed by atoms with E-state index < -0.39 is 29.5 Å². The fourth-order valence-corrected chi connectivity index (χ4v) is 1.70. The Labute approximate surface area is 119 Å². The largest absolute Gasteiger partial charge is 0.573 e. The molecule has 1 aromatic carbocycles. The standard InChI is InChI=1S/C13H7F6NO2/c14-12(15,16)10-6-5-9(11(21)20-10)7-1-3-8(4-2-7)22-13(17,18)19/h1-6H,(H,20,21). The van der Waals surface area contributed by atoms with Crippen LogP contribution in [0.25, 0.3) is 11.1 Å². The Balaban J connectivity index is 2.31. The Morgan fingerprint density at radius 1 is 0.864 bits per heavy atom. The summed E-state index contributed by atoms with van der Waals surface area (Å²) in [6.07, 6.45) is -9.55. The Morgan fingerprint density at radius 2 is 1.45 bits per heavy atom. The summed E-state index contributed by atoms with van der Waals surface area (Å²) >= 11 is 0. The van der Waals surface area contributed by atoms with Crippen LogP contribution in [-0.4, -0.2) is 11.3 Å². The van der Waals surface area contributed by atoms with Crippen molar-refractivity contribution < 1.29 is 31.1 Å². The molecule has 0 spiro atoms. The fraction of sp³-hybridized carbons (Fsp3) is 0.154. The molecule has 1 aromatic heterocycles. The Bertz CT molecular complexity index is 715. The van der Waals surface area contributed by atoms with Crippen molar-refractivity contribution in [3.8, 4) is 16.9 Å². The van der Waals surface area contributed by atoms with Crippen LogP contribution in [0.4, 0.5) is 26.3 Å². The van der Waals surface area contributed by atoms with E-state index in [1.807, 2.05) is 0 Å². The molecule has 1 N–H and O–H groups in total. The van der Waals surface area contributed by atoms with Gasteiger partial charge in [0.15, 0.2) is 0 Å². The summed E-state index contributed by atoms with van der Waals surface area (Å²) in [4.78, 5) is 13.3. The summed E-state index contributed by atoms with van der Waals surface area (Å²) in [5.41, 5.74) is -2.16. The number of pyridine rings is 1. The molecule has 0 aliphatic heterocycles. The smallest absolute Gasteiger partial charge is 0.406 e. The van der Waals surface area contributed by atoms with Crippen LogP contribution in [0, 0.1) is 0 Å². The Hall–Kier alpha value is -2.45. The van der Waals surface area contributed by atoms with Crippen LogP contribution in [0.15, 0.2) is 41.2 Å². The normalized spacial score (nSPS) is 12.3. The predicted molar refractivity (Wildman–Crippen MR) is 64.2 cm³/mol. The summed E-state index contributed by atoms with van der Waals surface area (Å²) in [6.45, 7) is 0. The van der Waals surface area contributed by atoms with Gasteiger partial charge in [0.1, 0.15) is 11.4 Å². The van der Waals surface area contributed by atoms with Gasteiger partial charge in [0.2, 0.25) is 0 Å². The molecule has 2 aromatic rings. The number of halogens is 6. The molecule has 0 aliphatic carbocycles. The predicted octanol–water partition coefficient (Wildman–Crippen LogP) is 3.96. The summed E-state index contributed by atoms with van der Waals surface area (Å²) in [5, 5.41) is 0. The maximum Gasteiger partial charge on any atom is 0.573 e. The van der Waals surface area contributed by atoms with Crippen molar-refractivity contribution in [2.45, 2.75) is 12.5 Å². The third-order valence-corrected chi connectivity index (χ3v) is 2.61. The number of alkyl halides is 6. The molecular weight excluding hydrogens is 316 g/mol. The zero-order chi connectivity index (χ0) is 16.5. The quantitative estimate of drug-likeness (QED) is 0.850. The molecule has 2 rings (SSSR count). The van der Waals surface area contributed by atoms with Gasteiger partial charge < -0.3 is 9.72 Å². The maximum absolute atomic E-state index is 12.4. The number of aromatic nitrogens is 1. The molecule has 0 atom stereocenters. The van der Waals surface area contributed by atoms with E-state index in [0.717, 1.165) is 30.3 Å². The van der Waals surface area contributed by atoms with Gasteiger partial charge in [-0.1, -0.05) is 12.1 Å².